The minimum absolute atomic E-state index is 0.153. The highest BCUT2D eigenvalue weighted by molar-refractivity contribution is 5.57. The summed E-state index contributed by atoms with van der Waals surface area (Å²) in [6.45, 7) is 10.4. The Labute approximate surface area is 91.5 Å². The maximum atomic E-state index is 5.67. The summed E-state index contributed by atoms with van der Waals surface area (Å²) < 4.78 is 11.1. The van der Waals surface area contributed by atoms with Gasteiger partial charge in [0.15, 0.2) is 0 Å². The topological polar surface area (TPSA) is 18.5 Å². The summed E-state index contributed by atoms with van der Waals surface area (Å²) in [5, 5.41) is 0. The lowest BCUT2D eigenvalue weighted by Crippen LogP contribution is -2.06. The monoisotopic (exact) mass is 206 g/mol. The molecule has 0 spiro atoms. The fraction of sp³-hybridized carbons (Fsp3) is 0.385. The maximum absolute atomic E-state index is 5.67. The van der Waals surface area contributed by atoms with E-state index in [4.69, 9.17) is 9.47 Å². The zero-order chi connectivity index (χ0) is 11.3. The molecule has 0 heterocycles. The molecule has 0 atom stereocenters. The molecule has 0 saturated carbocycles. The molecule has 0 unspecified atom stereocenters. The summed E-state index contributed by atoms with van der Waals surface area (Å²) in [6, 6.07) is 5.78. The van der Waals surface area contributed by atoms with Crippen molar-refractivity contribution in [1.29, 1.82) is 0 Å². The van der Waals surface area contributed by atoms with Crippen molar-refractivity contribution in [3.63, 3.8) is 0 Å². The molecular formula is C13H18O2. The molecule has 1 rings (SSSR count). The third-order valence-electron chi connectivity index (χ3n) is 1.88. The van der Waals surface area contributed by atoms with Crippen molar-refractivity contribution in [2.45, 2.75) is 26.9 Å². The Balaban J connectivity index is 2.96. The van der Waals surface area contributed by atoms with Crippen molar-refractivity contribution in [2.75, 3.05) is 6.61 Å². The normalized spacial score (nSPS) is 10.1. The Hall–Kier alpha value is -1.44. The number of rotatable bonds is 5. The minimum Gasteiger partial charge on any atom is -0.494 e. The van der Waals surface area contributed by atoms with Gasteiger partial charge >= 0.3 is 0 Å². The number of ether oxygens (including phenoxy) is 2. The first-order chi connectivity index (χ1) is 7.17. The lowest BCUT2D eigenvalue weighted by atomic mass is 10.2. The number of benzene rings is 1. The van der Waals surface area contributed by atoms with E-state index in [0.29, 0.717) is 6.61 Å². The third kappa shape index (κ3) is 3.31. The van der Waals surface area contributed by atoms with Crippen molar-refractivity contribution in [3.05, 3.63) is 30.3 Å². The van der Waals surface area contributed by atoms with Crippen LogP contribution in [0.15, 0.2) is 24.8 Å². The second-order valence-corrected chi connectivity index (χ2v) is 3.50. The van der Waals surface area contributed by atoms with E-state index in [0.717, 1.165) is 17.1 Å². The van der Waals surface area contributed by atoms with E-state index in [9.17, 15) is 0 Å². The molecule has 0 aliphatic carbocycles. The molecule has 82 valence electrons. The first-order valence-corrected chi connectivity index (χ1v) is 5.23. The highest BCUT2D eigenvalue weighted by Crippen LogP contribution is 2.26. The highest BCUT2D eigenvalue weighted by atomic mass is 16.5. The van der Waals surface area contributed by atoms with Gasteiger partial charge in [-0.15, -0.1) is 0 Å². The van der Waals surface area contributed by atoms with Crippen molar-refractivity contribution in [2.24, 2.45) is 0 Å². The molecule has 0 radical (unpaired) electrons. The zero-order valence-electron chi connectivity index (χ0n) is 9.62. The van der Waals surface area contributed by atoms with Gasteiger partial charge in [0, 0.05) is 11.6 Å². The second-order valence-electron chi connectivity index (χ2n) is 3.50. The molecular weight excluding hydrogens is 188 g/mol. The van der Waals surface area contributed by atoms with Crippen molar-refractivity contribution in [3.8, 4) is 11.5 Å². The van der Waals surface area contributed by atoms with E-state index in [1.807, 2.05) is 39.0 Å². The van der Waals surface area contributed by atoms with Gasteiger partial charge in [-0.1, -0.05) is 12.7 Å². The van der Waals surface area contributed by atoms with Crippen molar-refractivity contribution in [1.82, 2.24) is 0 Å². The Morgan fingerprint density at radius 2 is 2.13 bits per heavy atom. The highest BCUT2D eigenvalue weighted by Gasteiger charge is 2.05. The van der Waals surface area contributed by atoms with Crippen LogP contribution in [-0.2, 0) is 0 Å². The molecule has 0 aliphatic rings. The fourth-order valence-electron chi connectivity index (χ4n) is 1.30. The third-order valence-corrected chi connectivity index (χ3v) is 1.88. The molecule has 0 N–H and O–H groups in total. The summed E-state index contributed by atoms with van der Waals surface area (Å²) in [5.41, 5.74) is 0.993. The zero-order valence-corrected chi connectivity index (χ0v) is 9.62. The largest absolute Gasteiger partial charge is 0.494 e. The Morgan fingerprint density at radius 1 is 1.40 bits per heavy atom. The van der Waals surface area contributed by atoms with Gasteiger partial charge in [0.05, 0.1) is 12.7 Å². The second kappa shape index (κ2) is 5.44. The first-order valence-electron chi connectivity index (χ1n) is 5.23. The molecule has 1 aromatic carbocycles. The van der Waals surface area contributed by atoms with Gasteiger partial charge in [-0.25, -0.2) is 0 Å². The van der Waals surface area contributed by atoms with Crippen LogP contribution in [0.1, 0.15) is 26.3 Å². The number of hydrogen-bond acceptors (Lipinski definition) is 2. The predicted molar refractivity (Wildman–Crippen MR) is 63.5 cm³/mol. The summed E-state index contributed by atoms with van der Waals surface area (Å²) in [7, 11) is 0. The van der Waals surface area contributed by atoms with E-state index in [1.54, 1.807) is 6.08 Å². The molecule has 0 bridgehead atoms. The van der Waals surface area contributed by atoms with Gasteiger partial charge in [-0.2, -0.15) is 0 Å². The molecule has 0 amide bonds. The van der Waals surface area contributed by atoms with Crippen molar-refractivity contribution >= 4 is 6.08 Å². The van der Waals surface area contributed by atoms with Gasteiger partial charge in [0.1, 0.15) is 11.5 Å². The van der Waals surface area contributed by atoms with Crippen LogP contribution < -0.4 is 9.47 Å². The first kappa shape index (κ1) is 11.6. The lowest BCUT2D eigenvalue weighted by molar-refractivity contribution is 0.240. The van der Waals surface area contributed by atoms with Gasteiger partial charge < -0.3 is 9.47 Å². The molecule has 2 nitrogen and oxygen atoms in total. The van der Waals surface area contributed by atoms with Crippen LogP contribution in [0, 0.1) is 0 Å². The van der Waals surface area contributed by atoms with Crippen LogP contribution in [0.3, 0.4) is 0 Å². The van der Waals surface area contributed by atoms with E-state index in [-0.39, 0.29) is 6.10 Å². The van der Waals surface area contributed by atoms with Gasteiger partial charge in [0.25, 0.3) is 0 Å². The van der Waals surface area contributed by atoms with E-state index in [2.05, 4.69) is 6.58 Å². The lowest BCUT2D eigenvalue weighted by Gasteiger charge is -2.14. The van der Waals surface area contributed by atoms with Crippen molar-refractivity contribution < 1.29 is 9.47 Å². The predicted octanol–water partition coefficient (Wildman–Crippen LogP) is 3.52. The molecule has 0 aromatic heterocycles. The number of hydrogen-bond donors (Lipinski definition) is 0. The Bertz CT molecular complexity index is 329. The molecule has 0 aliphatic heterocycles. The van der Waals surface area contributed by atoms with Crippen LogP contribution >= 0.6 is 0 Å². The molecule has 2 heteroatoms. The fourth-order valence-corrected chi connectivity index (χ4v) is 1.30. The smallest absolute Gasteiger partial charge is 0.130 e. The minimum atomic E-state index is 0.153. The van der Waals surface area contributed by atoms with E-state index < -0.39 is 0 Å². The standard InChI is InChI=1S/C13H18O2/c1-5-11-7-8-12(14-6-2)9-13(11)15-10(3)4/h5,7-10H,1,6H2,2-4H3. The molecule has 15 heavy (non-hydrogen) atoms. The SMILES string of the molecule is C=Cc1ccc(OCC)cc1OC(C)C. The summed E-state index contributed by atoms with van der Waals surface area (Å²) in [6.07, 6.45) is 1.94. The van der Waals surface area contributed by atoms with E-state index >= 15 is 0 Å². The Kier molecular flexibility index (Phi) is 4.22. The summed E-state index contributed by atoms with van der Waals surface area (Å²) >= 11 is 0. The average Bonchev–Trinajstić information content (AvgIpc) is 2.18. The summed E-state index contributed by atoms with van der Waals surface area (Å²) in [4.78, 5) is 0. The van der Waals surface area contributed by atoms with Crippen LogP contribution in [-0.4, -0.2) is 12.7 Å². The molecule has 1 aromatic rings. The van der Waals surface area contributed by atoms with Gasteiger partial charge in [-0.05, 0) is 32.9 Å². The van der Waals surface area contributed by atoms with E-state index in [1.165, 1.54) is 0 Å². The van der Waals surface area contributed by atoms with Crippen LogP contribution in [0.5, 0.6) is 11.5 Å². The van der Waals surface area contributed by atoms with Crippen LogP contribution in [0.25, 0.3) is 6.08 Å². The molecule has 0 saturated heterocycles. The Morgan fingerprint density at radius 3 is 2.67 bits per heavy atom. The quantitative estimate of drug-likeness (QED) is 0.734. The van der Waals surface area contributed by atoms with Gasteiger partial charge in [-0.3, -0.25) is 0 Å². The van der Waals surface area contributed by atoms with Gasteiger partial charge in [0.2, 0.25) is 0 Å². The maximum Gasteiger partial charge on any atom is 0.130 e. The van der Waals surface area contributed by atoms with Crippen LogP contribution in [0.2, 0.25) is 0 Å². The average molecular weight is 206 g/mol. The molecule has 0 fully saturated rings. The summed E-state index contributed by atoms with van der Waals surface area (Å²) in [5.74, 6) is 1.66. The van der Waals surface area contributed by atoms with Crippen LogP contribution in [0.4, 0.5) is 0 Å².